The first-order valence-corrected chi connectivity index (χ1v) is 6.47. The van der Waals surface area contributed by atoms with E-state index < -0.39 is 0 Å². The lowest BCUT2D eigenvalue weighted by Crippen LogP contribution is -2.30. The molecule has 0 spiro atoms. The van der Waals surface area contributed by atoms with Gasteiger partial charge in [0.1, 0.15) is 0 Å². The zero-order chi connectivity index (χ0) is 11.0. The van der Waals surface area contributed by atoms with Crippen LogP contribution in [0, 0.1) is 5.92 Å². The molecule has 0 radical (unpaired) electrons. The second-order valence-electron chi connectivity index (χ2n) is 5.17. The maximum atomic E-state index is 6.05. The van der Waals surface area contributed by atoms with Crippen molar-refractivity contribution in [2.75, 3.05) is 23.7 Å². The van der Waals surface area contributed by atoms with E-state index in [1.165, 1.54) is 50.0 Å². The molecule has 0 unspecified atom stereocenters. The van der Waals surface area contributed by atoms with Crippen LogP contribution in [0.1, 0.15) is 31.2 Å². The van der Waals surface area contributed by atoms with Crippen molar-refractivity contribution in [1.29, 1.82) is 0 Å². The van der Waals surface area contributed by atoms with E-state index in [9.17, 15) is 0 Å². The van der Waals surface area contributed by atoms with Crippen LogP contribution in [0.4, 0.5) is 11.4 Å². The number of hydrogen-bond donors (Lipinski definition) is 1. The molecular weight excluding hydrogens is 196 g/mol. The first-order chi connectivity index (χ1) is 7.84. The average molecular weight is 216 g/mol. The molecule has 2 heteroatoms. The molecule has 0 atom stereocenters. The van der Waals surface area contributed by atoms with Gasteiger partial charge in [-0.2, -0.15) is 0 Å². The highest BCUT2D eigenvalue weighted by Gasteiger charge is 2.24. The molecule has 0 amide bonds. The third-order valence-electron chi connectivity index (χ3n) is 3.89. The van der Waals surface area contributed by atoms with Gasteiger partial charge in [-0.1, -0.05) is 18.9 Å². The Morgan fingerprint density at radius 2 is 2.19 bits per heavy atom. The Balaban J connectivity index is 1.78. The molecule has 2 aliphatic rings. The number of fused-ring (bicyclic) bond motifs is 1. The van der Waals surface area contributed by atoms with E-state index in [1.54, 1.807) is 0 Å². The van der Waals surface area contributed by atoms with E-state index in [1.807, 2.05) is 6.07 Å². The summed E-state index contributed by atoms with van der Waals surface area (Å²) >= 11 is 0. The first kappa shape index (κ1) is 10.0. The number of nitrogens with two attached hydrogens (primary N) is 1. The Hall–Kier alpha value is -1.18. The normalized spacial score (nSPS) is 19.6. The smallest absolute Gasteiger partial charge is 0.0419 e. The summed E-state index contributed by atoms with van der Waals surface area (Å²) in [4.78, 5) is 2.54. The molecule has 86 valence electrons. The van der Waals surface area contributed by atoms with Gasteiger partial charge in [-0.15, -0.1) is 0 Å². The van der Waals surface area contributed by atoms with Crippen LogP contribution < -0.4 is 10.6 Å². The Kier molecular flexibility index (Phi) is 2.50. The van der Waals surface area contributed by atoms with Gasteiger partial charge in [-0.05, 0) is 42.9 Å². The van der Waals surface area contributed by atoms with Gasteiger partial charge < -0.3 is 10.6 Å². The van der Waals surface area contributed by atoms with Crippen LogP contribution in [-0.4, -0.2) is 13.1 Å². The third kappa shape index (κ3) is 1.89. The van der Waals surface area contributed by atoms with Gasteiger partial charge >= 0.3 is 0 Å². The molecule has 1 fully saturated rings. The van der Waals surface area contributed by atoms with Crippen LogP contribution in [0.15, 0.2) is 18.2 Å². The van der Waals surface area contributed by atoms with E-state index >= 15 is 0 Å². The number of rotatable bonds is 3. The van der Waals surface area contributed by atoms with Crippen LogP contribution in [0.3, 0.4) is 0 Å². The number of hydrogen-bond acceptors (Lipinski definition) is 2. The maximum Gasteiger partial charge on any atom is 0.0419 e. The van der Waals surface area contributed by atoms with Gasteiger partial charge in [0, 0.05) is 24.5 Å². The van der Waals surface area contributed by atoms with Crippen molar-refractivity contribution in [3.63, 3.8) is 0 Å². The molecule has 1 aliphatic heterocycles. The molecule has 1 aromatic carbocycles. The van der Waals surface area contributed by atoms with E-state index in [0.717, 1.165) is 18.0 Å². The molecule has 1 saturated carbocycles. The van der Waals surface area contributed by atoms with Crippen molar-refractivity contribution in [2.45, 2.75) is 32.1 Å². The highest BCUT2D eigenvalue weighted by atomic mass is 15.1. The Morgan fingerprint density at radius 1 is 1.31 bits per heavy atom. The standard InChI is InChI=1S/C14H20N2/c15-13-4-1-5-14-12(13)3-2-9-16(14)10-8-11-6-7-11/h1,4-5,11H,2-3,6-10,15H2. The predicted molar refractivity (Wildman–Crippen MR) is 68.7 cm³/mol. The highest BCUT2D eigenvalue weighted by Crippen LogP contribution is 2.35. The zero-order valence-corrected chi connectivity index (χ0v) is 9.78. The summed E-state index contributed by atoms with van der Waals surface area (Å²) in [6.07, 6.45) is 6.69. The lowest BCUT2D eigenvalue weighted by Gasteiger charge is -2.32. The van der Waals surface area contributed by atoms with Crippen LogP contribution in [0.2, 0.25) is 0 Å². The van der Waals surface area contributed by atoms with Gasteiger partial charge in [-0.3, -0.25) is 0 Å². The topological polar surface area (TPSA) is 29.3 Å². The molecule has 3 rings (SSSR count). The minimum atomic E-state index is 0.980. The van der Waals surface area contributed by atoms with Gasteiger partial charge in [0.2, 0.25) is 0 Å². The minimum Gasteiger partial charge on any atom is -0.398 e. The molecule has 2 nitrogen and oxygen atoms in total. The summed E-state index contributed by atoms with van der Waals surface area (Å²) < 4.78 is 0. The van der Waals surface area contributed by atoms with E-state index in [-0.39, 0.29) is 0 Å². The molecule has 16 heavy (non-hydrogen) atoms. The molecule has 1 aromatic rings. The highest BCUT2D eigenvalue weighted by molar-refractivity contribution is 5.66. The van der Waals surface area contributed by atoms with Crippen molar-refractivity contribution in [3.8, 4) is 0 Å². The third-order valence-corrected chi connectivity index (χ3v) is 3.89. The molecule has 1 aliphatic carbocycles. The fourth-order valence-corrected chi connectivity index (χ4v) is 2.71. The second-order valence-corrected chi connectivity index (χ2v) is 5.17. The monoisotopic (exact) mass is 216 g/mol. The summed E-state index contributed by atoms with van der Waals surface area (Å²) in [5.41, 5.74) is 9.80. The largest absolute Gasteiger partial charge is 0.398 e. The lowest BCUT2D eigenvalue weighted by atomic mass is 9.99. The van der Waals surface area contributed by atoms with E-state index in [4.69, 9.17) is 5.73 Å². The first-order valence-electron chi connectivity index (χ1n) is 6.47. The van der Waals surface area contributed by atoms with Crippen molar-refractivity contribution >= 4 is 11.4 Å². The van der Waals surface area contributed by atoms with Crippen LogP contribution in [0.25, 0.3) is 0 Å². The van der Waals surface area contributed by atoms with Crippen LogP contribution in [-0.2, 0) is 6.42 Å². The second kappa shape index (κ2) is 4.00. The van der Waals surface area contributed by atoms with Gasteiger partial charge in [0.05, 0.1) is 0 Å². The van der Waals surface area contributed by atoms with Crippen molar-refractivity contribution in [1.82, 2.24) is 0 Å². The predicted octanol–water partition coefficient (Wildman–Crippen LogP) is 2.82. The minimum absolute atomic E-state index is 0.980. The molecule has 1 heterocycles. The number of anilines is 2. The number of nitrogens with zero attached hydrogens (tertiary/aromatic N) is 1. The summed E-state index contributed by atoms with van der Waals surface area (Å²) in [5, 5.41) is 0. The SMILES string of the molecule is Nc1cccc2c1CCCN2CCC1CC1. The lowest BCUT2D eigenvalue weighted by molar-refractivity contribution is 0.636. The summed E-state index contributed by atoms with van der Waals surface area (Å²) in [7, 11) is 0. The molecule has 0 saturated heterocycles. The summed E-state index contributed by atoms with van der Waals surface area (Å²) in [5.74, 6) is 1.02. The zero-order valence-electron chi connectivity index (χ0n) is 9.78. The van der Waals surface area contributed by atoms with Crippen LogP contribution >= 0.6 is 0 Å². The summed E-state index contributed by atoms with van der Waals surface area (Å²) in [6.45, 7) is 2.43. The van der Waals surface area contributed by atoms with E-state index in [0.29, 0.717) is 0 Å². The Morgan fingerprint density at radius 3 is 3.00 bits per heavy atom. The fourth-order valence-electron chi connectivity index (χ4n) is 2.71. The maximum absolute atomic E-state index is 6.05. The van der Waals surface area contributed by atoms with Gasteiger partial charge in [0.15, 0.2) is 0 Å². The number of nitrogen functional groups attached to an aromatic ring is 1. The summed E-state index contributed by atoms with van der Waals surface area (Å²) in [6, 6.07) is 6.35. The quantitative estimate of drug-likeness (QED) is 0.787. The fraction of sp³-hybridized carbons (Fsp3) is 0.571. The Bertz CT molecular complexity index is 382. The average Bonchev–Trinajstić information content (AvgIpc) is 3.11. The molecule has 0 bridgehead atoms. The Labute approximate surface area is 97.4 Å². The van der Waals surface area contributed by atoms with Crippen molar-refractivity contribution < 1.29 is 0 Å². The molecule has 0 aromatic heterocycles. The molecular formula is C14H20N2. The van der Waals surface area contributed by atoms with Crippen molar-refractivity contribution in [3.05, 3.63) is 23.8 Å². The van der Waals surface area contributed by atoms with Gasteiger partial charge in [-0.25, -0.2) is 0 Å². The van der Waals surface area contributed by atoms with Gasteiger partial charge in [0.25, 0.3) is 0 Å². The van der Waals surface area contributed by atoms with Crippen molar-refractivity contribution in [2.24, 2.45) is 5.92 Å². The number of benzene rings is 1. The van der Waals surface area contributed by atoms with E-state index in [2.05, 4.69) is 17.0 Å². The molecule has 2 N–H and O–H groups in total. The van der Waals surface area contributed by atoms with Crippen LogP contribution in [0.5, 0.6) is 0 Å².